The van der Waals surface area contributed by atoms with Crippen LogP contribution in [0.1, 0.15) is 167 Å². The van der Waals surface area contributed by atoms with E-state index in [2.05, 4.69) is 0 Å². The Balaban J connectivity index is 0.968. The van der Waals surface area contributed by atoms with Crippen LogP contribution in [0.2, 0.25) is 0 Å². The summed E-state index contributed by atoms with van der Waals surface area (Å²) < 4.78 is 115. The third kappa shape index (κ3) is 13.5. The number of benzene rings is 12. The van der Waals surface area contributed by atoms with Gasteiger partial charge >= 0.3 is 23.9 Å². The Morgan fingerprint density at radius 1 is 0.220 bits per heavy atom. The SMILES string of the molecule is O=C(O)CCC1c2cc3c4cc2OC2Oc5cc6c(cc51)C(CCC(=O)O)c1cc5c7cc1OC(O6)c1cc6cc(c1)Oc1cc(O)cc(c1)Oc1cc8cc(c1)C(O7)Oc1cc(c(cc1C5CCC(=O)O)C3CCC(=O)O)OC(O4)c1cc(cc(c1)Oc1cc(O)cc(c1)Oc1cc(cc2c1)Oc1cccc(c1)O6)Oc1cccc(c1)O8. The first kappa shape index (κ1) is 70.8. The molecule has 1 aliphatic carbocycles. The van der Waals surface area contributed by atoms with Crippen LogP contribution in [0.4, 0.5) is 0 Å². The predicted molar refractivity (Wildman–Crippen MR) is 412 cm³/mol. The van der Waals surface area contributed by atoms with Gasteiger partial charge in [0, 0.05) is 213 Å². The van der Waals surface area contributed by atoms with Crippen LogP contribution in [-0.2, 0) is 19.2 Å². The molecule has 12 aromatic carbocycles. The second kappa shape index (κ2) is 27.9. The molecule has 0 fully saturated rings. The molecule has 40 bridgehead atoms. The fourth-order valence-corrected chi connectivity index (χ4v) is 17.0. The maximum absolute atomic E-state index is 13.6. The molecule has 118 heavy (non-hydrogen) atoms. The van der Waals surface area contributed by atoms with Gasteiger partial charge in [0.1, 0.15) is 149 Å². The second-order valence-electron chi connectivity index (χ2n) is 30.0. The Hall–Kier alpha value is -15.1. The minimum absolute atomic E-state index is 0.0566. The summed E-state index contributed by atoms with van der Waals surface area (Å²) in [5, 5.41) is 67.8. The van der Waals surface area contributed by atoms with Gasteiger partial charge in [-0.15, -0.1) is 0 Å². The second-order valence-corrected chi connectivity index (χ2v) is 30.0. The molecule has 26 heteroatoms. The summed E-state index contributed by atoms with van der Waals surface area (Å²) in [7, 11) is 0. The molecule has 0 radical (unpaired) electrons. The van der Waals surface area contributed by atoms with Gasteiger partial charge in [-0.3, -0.25) is 19.2 Å². The molecular formula is C92H64O26. The number of aliphatic carboxylic acids is 4. The molecule has 21 rings (SSSR count). The summed E-state index contributed by atoms with van der Waals surface area (Å²) in [6.45, 7) is 0. The summed E-state index contributed by atoms with van der Waals surface area (Å²) >= 11 is 0. The van der Waals surface area contributed by atoms with Gasteiger partial charge in [-0.05, 0) is 123 Å². The van der Waals surface area contributed by atoms with Gasteiger partial charge in [0.15, 0.2) is 0 Å². The van der Waals surface area contributed by atoms with Crippen LogP contribution in [0, 0.1) is 0 Å². The number of carboxylic acid groups (broad SMARTS) is 4. The number of carbonyl (C=O) groups is 4. The van der Waals surface area contributed by atoms with Crippen molar-refractivity contribution >= 4 is 23.9 Å². The quantitative estimate of drug-likeness (QED) is 0.0662. The molecule has 6 N–H and O–H groups in total. The number of ether oxygens (including phenoxy) is 16. The van der Waals surface area contributed by atoms with Crippen LogP contribution in [0.5, 0.6) is 149 Å². The molecule has 0 spiro atoms. The number of phenols is 2. The minimum Gasteiger partial charge on any atom is -0.508 e. The Bertz CT molecular complexity index is 5420. The van der Waals surface area contributed by atoms with Crippen LogP contribution < -0.4 is 75.8 Å². The van der Waals surface area contributed by atoms with Crippen molar-refractivity contribution in [2.45, 2.75) is 100 Å². The molecule has 0 unspecified atom stereocenters. The Labute approximate surface area is 669 Å². The van der Waals surface area contributed by atoms with Crippen molar-refractivity contribution in [1.82, 2.24) is 0 Å². The largest absolute Gasteiger partial charge is 0.508 e. The van der Waals surface area contributed by atoms with E-state index in [1.165, 1.54) is 24.3 Å². The first-order valence-electron chi connectivity index (χ1n) is 38.1. The van der Waals surface area contributed by atoms with Crippen molar-refractivity contribution in [3.05, 3.63) is 273 Å². The zero-order valence-corrected chi connectivity index (χ0v) is 61.8. The maximum atomic E-state index is 13.6. The Morgan fingerprint density at radius 3 is 0.576 bits per heavy atom. The van der Waals surface area contributed by atoms with Crippen molar-refractivity contribution in [3.8, 4) is 149 Å². The van der Waals surface area contributed by atoms with E-state index in [-0.39, 0.29) is 197 Å². The average molecular weight is 1590 g/mol. The number of hydrogen-bond donors (Lipinski definition) is 6. The highest BCUT2D eigenvalue weighted by molar-refractivity contribution is 5.72. The Morgan fingerprint density at radius 2 is 0.390 bits per heavy atom. The maximum Gasteiger partial charge on any atom is 0.303 e. The van der Waals surface area contributed by atoms with Crippen LogP contribution in [0.15, 0.2) is 206 Å². The van der Waals surface area contributed by atoms with Gasteiger partial charge in [-0.1, -0.05) is 12.1 Å². The normalized spacial score (nSPS) is 19.2. The minimum atomic E-state index is -1.59. The van der Waals surface area contributed by atoms with Crippen molar-refractivity contribution in [3.63, 3.8) is 0 Å². The fraction of sp³-hybridized carbons (Fsp3) is 0.174. The summed E-state index contributed by atoms with van der Waals surface area (Å²) in [6.07, 6.45) is -8.88. The first-order chi connectivity index (χ1) is 57.3. The smallest absolute Gasteiger partial charge is 0.303 e. The zero-order chi connectivity index (χ0) is 79.9. The standard InChI is InChI=1S/C92H64O26/c93-47-23-61-33-63(25-47)109-59-21-45-17-55(31-59)105-51-5-2-6-52(28-51)106-56-18-46-22-60(32-56)110-64-26-48(94)24-62(34-64)108-58-20-44-16-54(30-58)104-50-4-1-3-49(27-50)103-53-15-43(19-57(29-53)107-61)89-111-77-39-78-70-35-69(77)65(7-11-85(95)96)73-37-75-67(9-13-87(99)100)71-36-72-68(10-14-88(101)102)76-38-74(66(70)8-12-86(97)98)82(116-90(44)112-78)42-84(76)118-92(46)114-80(72)40-79(71)113-91(45)117-83(75)41-81(73)115-89/h1-6,15-42,65-68,89-94H,7-14H2,(H,95,96)(H,97,98)(H,99,100)(H,101,102). The highest BCUT2D eigenvalue weighted by Crippen LogP contribution is 2.60. The third-order valence-corrected chi connectivity index (χ3v) is 22.0. The third-order valence-electron chi connectivity index (χ3n) is 22.0. The van der Waals surface area contributed by atoms with Gasteiger partial charge in [-0.2, -0.15) is 0 Å². The highest BCUT2D eigenvalue weighted by atomic mass is 16.7. The van der Waals surface area contributed by atoms with Crippen molar-refractivity contribution in [2.24, 2.45) is 0 Å². The number of aromatic hydroxyl groups is 2. The van der Waals surface area contributed by atoms with Crippen molar-refractivity contribution in [1.29, 1.82) is 0 Å². The summed E-state index contributed by atoms with van der Waals surface area (Å²) in [5.74, 6) is -6.72. The van der Waals surface area contributed by atoms with Crippen molar-refractivity contribution < 1.29 is 126 Å². The molecule has 9 aliphatic rings. The molecule has 0 atom stereocenters. The lowest BCUT2D eigenvalue weighted by atomic mass is 9.76. The van der Waals surface area contributed by atoms with Crippen molar-refractivity contribution in [2.75, 3.05) is 0 Å². The van der Waals surface area contributed by atoms with Crippen LogP contribution >= 0.6 is 0 Å². The lowest BCUT2D eigenvalue weighted by Crippen LogP contribution is -2.26. The molecule has 0 aromatic heterocycles. The van der Waals surface area contributed by atoms with Crippen LogP contribution in [0.3, 0.4) is 0 Å². The molecule has 12 aromatic rings. The fourth-order valence-electron chi connectivity index (χ4n) is 17.0. The van der Waals surface area contributed by atoms with E-state index in [9.17, 15) is 49.8 Å². The lowest BCUT2D eigenvalue weighted by Gasteiger charge is -2.38. The molecule has 588 valence electrons. The van der Waals surface area contributed by atoms with Gasteiger partial charge < -0.3 is 106 Å². The number of carboxylic acids is 4. The molecule has 26 nitrogen and oxygen atoms in total. The zero-order valence-electron chi connectivity index (χ0n) is 61.8. The van der Waals surface area contributed by atoms with Crippen LogP contribution in [-0.4, -0.2) is 54.5 Å². The topological polar surface area (TPSA) is 337 Å². The van der Waals surface area contributed by atoms with E-state index < -0.39 is 98.4 Å². The van der Waals surface area contributed by atoms with E-state index in [0.29, 0.717) is 44.5 Å². The molecule has 0 amide bonds. The van der Waals surface area contributed by atoms with E-state index in [4.69, 9.17) is 75.8 Å². The van der Waals surface area contributed by atoms with Gasteiger partial charge in [-0.25, -0.2) is 0 Å². The van der Waals surface area contributed by atoms with E-state index in [1.807, 2.05) is 24.3 Å². The van der Waals surface area contributed by atoms with Gasteiger partial charge in [0.25, 0.3) is 25.2 Å². The van der Waals surface area contributed by atoms with E-state index in [0.717, 1.165) is 0 Å². The van der Waals surface area contributed by atoms with E-state index >= 15 is 0 Å². The molecular weight excluding hydrogens is 1520 g/mol. The molecule has 8 aliphatic heterocycles. The summed E-state index contributed by atoms with van der Waals surface area (Å²) in [6, 6.07) is 55.6. The van der Waals surface area contributed by atoms with Gasteiger partial charge in [0.05, 0.1) is 0 Å². The van der Waals surface area contributed by atoms with Gasteiger partial charge in [0.2, 0.25) is 0 Å². The number of phenolic OH excluding ortho intramolecular Hbond substituents is 2. The summed E-state index contributed by atoms with van der Waals surface area (Å²) in [4.78, 5) is 54.2. The average Bonchev–Trinajstić information content (AvgIpc) is 0.727. The monoisotopic (exact) mass is 1580 g/mol. The Kier molecular flexibility index (Phi) is 16.7. The number of fused-ring (bicyclic) bond motifs is 16. The highest BCUT2D eigenvalue weighted by Gasteiger charge is 2.43. The van der Waals surface area contributed by atoms with E-state index in [1.54, 1.807) is 158 Å². The number of hydrogen-bond acceptors (Lipinski definition) is 22. The summed E-state index contributed by atoms with van der Waals surface area (Å²) in [5.41, 5.74) is 3.76. The van der Waals surface area contributed by atoms with Crippen LogP contribution in [0.25, 0.3) is 0 Å². The number of rotatable bonds is 12. The molecule has 0 saturated carbocycles. The molecule has 8 heterocycles. The molecule has 0 saturated heterocycles. The predicted octanol–water partition coefficient (Wildman–Crippen LogP) is 20.9. The first-order valence-corrected chi connectivity index (χ1v) is 38.1. The lowest BCUT2D eigenvalue weighted by molar-refractivity contribution is -0.138.